The van der Waals surface area contributed by atoms with Gasteiger partial charge >= 0.3 is 0 Å². The zero-order valence-electron chi connectivity index (χ0n) is 6.22. The molecular weight excluding hydrogens is 108 g/mol. The fourth-order valence-corrected chi connectivity index (χ4v) is 2.26. The predicted molar refractivity (Wildman–Crippen MR) is 39.1 cm³/mol. The molecule has 2 aliphatic carbocycles. The van der Waals surface area contributed by atoms with Gasteiger partial charge in [-0.05, 0) is 37.5 Å². The van der Waals surface area contributed by atoms with Crippen molar-refractivity contribution < 1.29 is 0 Å². The Morgan fingerprint density at radius 2 is 2.33 bits per heavy atom. The summed E-state index contributed by atoms with van der Waals surface area (Å²) in [6.45, 7) is 4.56. The van der Waals surface area contributed by atoms with Crippen LogP contribution in [0.15, 0.2) is 11.6 Å². The molecule has 0 aliphatic heterocycles. The molecule has 0 aromatic carbocycles. The lowest BCUT2D eigenvalue weighted by molar-refractivity contribution is 0.623. The van der Waals surface area contributed by atoms with Crippen LogP contribution in [0.5, 0.6) is 0 Å². The molecule has 2 aliphatic rings. The van der Waals surface area contributed by atoms with Crippen molar-refractivity contribution in [3.63, 3.8) is 0 Å². The Hall–Kier alpha value is -0.260. The number of rotatable bonds is 0. The molecule has 2 saturated carbocycles. The zero-order chi connectivity index (χ0) is 6.43. The van der Waals surface area contributed by atoms with E-state index in [-0.39, 0.29) is 0 Å². The number of hydrogen-bond donors (Lipinski definition) is 0. The maximum absolute atomic E-state index is 2.38. The van der Waals surface area contributed by atoms with Crippen LogP contribution in [-0.2, 0) is 0 Å². The van der Waals surface area contributed by atoms with Gasteiger partial charge in [0.15, 0.2) is 0 Å². The van der Waals surface area contributed by atoms with Gasteiger partial charge in [-0.15, -0.1) is 0 Å². The van der Waals surface area contributed by atoms with Gasteiger partial charge in [0.1, 0.15) is 0 Å². The average Bonchev–Trinajstić information content (AvgIpc) is 2.55. The number of hydrogen-bond acceptors (Lipinski definition) is 0. The van der Waals surface area contributed by atoms with Crippen molar-refractivity contribution >= 4 is 0 Å². The molecule has 0 aromatic heterocycles. The first-order valence-corrected chi connectivity index (χ1v) is 3.98. The highest BCUT2D eigenvalue weighted by Crippen LogP contribution is 2.57. The molecule has 3 unspecified atom stereocenters. The van der Waals surface area contributed by atoms with Gasteiger partial charge in [0.05, 0.1) is 0 Å². The van der Waals surface area contributed by atoms with E-state index in [2.05, 4.69) is 19.9 Å². The van der Waals surface area contributed by atoms with Crippen LogP contribution in [0.4, 0.5) is 0 Å². The molecule has 3 atom stereocenters. The summed E-state index contributed by atoms with van der Waals surface area (Å²) in [4.78, 5) is 0. The Morgan fingerprint density at radius 3 is 2.67 bits per heavy atom. The van der Waals surface area contributed by atoms with Gasteiger partial charge in [0.25, 0.3) is 0 Å². The van der Waals surface area contributed by atoms with E-state index in [1.807, 2.05) is 0 Å². The minimum atomic E-state index is 0.931. The van der Waals surface area contributed by atoms with Gasteiger partial charge in [-0.25, -0.2) is 0 Å². The topological polar surface area (TPSA) is 0 Å². The van der Waals surface area contributed by atoms with Crippen molar-refractivity contribution in [1.29, 1.82) is 0 Å². The lowest BCUT2D eigenvalue weighted by atomic mass is 10.00. The van der Waals surface area contributed by atoms with Gasteiger partial charge < -0.3 is 0 Å². The summed E-state index contributed by atoms with van der Waals surface area (Å²) in [7, 11) is 0. The van der Waals surface area contributed by atoms with E-state index in [1.54, 1.807) is 5.57 Å². The highest BCUT2D eigenvalue weighted by atomic mass is 14.5. The van der Waals surface area contributed by atoms with Gasteiger partial charge in [-0.2, -0.15) is 0 Å². The van der Waals surface area contributed by atoms with E-state index >= 15 is 0 Å². The van der Waals surface area contributed by atoms with E-state index in [4.69, 9.17) is 0 Å². The van der Waals surface area contributed by atoms with E-state index < -0.39 is 0 Å². The van der Waals surface area contributed by atoms with Crippen molar-refractivity contribution in [3.8, 4) is 0 Å². The quantitative estimate of drug-likeness (QED) is 0.433. The van der Waals surface area contributed by atoms with Crippen molar-refractivity contribution in [2.75, 3.05) is 0 Å². The molecule has 0 radical (unpaired) electrons. The van der Waals surface area contributed by atoms with Crippen molar-refractivity contribution in [2.24, 2.45) is 17.8 Å². The molecule has 0 heterocycles. The van der Waals surface area contributed by atoms with Crippen LogP contribution in [0.1, 0.15) is 26.7 Å². The third-order valence-electron chi connectivity index (χ3n) is 3.07. The molecule has 0 heteroatoms. The molecule has 0 N–H and O–H groups in total. The molecule has 0 saturated heterocycles. The highest BCUT2D eigenvalue weighted by molar-refractivity contribution is 5.20. The molecular formula is C9H14. The van der Waals surface area contributed by atoms with Crippen LogP contribution in [0, 0.1) is 17.8 Å². The number of allylic oxidation sites excluding steroid dienone is 2. The second-order valence-corrected chi connectivity index (χ2v) is 3.52. The Kier molecular flexibility index (Phi) is 0.992. The normalized spacial score (nSPS) is 51.8. The summed E-state index contributed by atoms with van der Waals surface area (Å²) in [6, 6.07) is 0. The molecule has 0 spiro atoms. The average molecular weight is 122 g/mol. The standard InChI is InChI=1S/C9H14/c1-3-7-4-8-5-9(8)6(7)2/h3,6,8-9H,4-5H2,1-2H3/b7-3-. The fraction of sp³-hybridized carbons (Fsp3) is 0.778. The van der Waals surface area contributed by atoms with Crippen LogP contribution in [0.25, 0.3) is 0 Å². The first-order chi connectivity index (χ1) is 4.33. The number of fused-ring (bicyclic) bond motifs is 1. The molecule has 2 fully saturated rings. The summed E-state index contributed by atoms with van der Waals surface area (Å²) in [5.41, 5.74) is 1.72. The summed E-state index contributed by atoms with van der Waals surface area (Å²) >= 11 is 0. The van der Waals surface area contributed by atoms with E-state index in [0.717, 1.165) is 17.8 Å². The van der Waals surface area contributed by atoms with Crippen LogP contribution in [0.2, 0.25) is 0 Å². The summed E-state index contributed by atoms with van der Waals surface area (Å²) < 4.78 is 0. The van der Waals surface area contributed by atoms with Crippen LogP contribution < -0.4 is 0 Å². The van der Waals surface area contributed by atoms with Crippen LogP contribution in [-0.4, -0.2) is 0 Å². The van der Waals surface area contributed by atoms with E-state index in [9.17, 15) is 0 Å². The lowest BCUT2D eigenvalue weighted by Gasteiger charge is -2.06. The summed E-state index contributed by atoms with van der Waals surface area (Å²) in [5, 5.41) is 0. The zero-order valence-corrected chi connectivity index (χ0v) is 6.22. The van der Waals surface area contributed by atoms with Gasteiger partial charge in [0, 0.05) is 0 Å². The first kappa shape index (κ1) is 5.52. The van der Waals surface area contributed by atoms with Gasteiger partial charge in [-0.3, -0.25) is 0 Å². The third-order valence-corrected chi connectivity index (χ3v) is 3.07. The summed E-state index contributed by atoms with van der Waals surface area (Å²) in [5.74, 6) is 3.13. The molecule has 0 nitrogen and oxygen atoms in total. The second kappa shape index (κ2) is 1.62. The molecule has 0 aromatic rings. The Bertz CT molecular complexity index is 155. The molecule has 50 valence electrons. The Balaban J connectivity index is 2.16. The smallest absolute Gasteiger partial charge is 0.0200 e. The van der Waals surface area contributed by atoms with Crippen molar-refractivity contribution in [3.05, 3.63) is 11.6 Å². The largest absolute Gasteiger partial charge is 0.0882 e. The van der Waals surface area contributed by atoms with Crippen molar-refractivity contribution in [2.45, 2.75) is 26.7 Å². The molecule has 9 heavy (non-hydrogen) atoms. The maximum Gasteiger partial charge on any atom is -0.0200 e. The SMILES string of the molecule is C/C=C1/CC2CC2C1C. The Labute approximate surface area is 57.0 Å². The minimum absolute atomic E-state index is 0.931. The van der Waals surface area contributed by atoms with Gasteiger partial charge in [-0.1, -0.05) is 18.6 Å². The maximum atomic E-state index is 2.38. The Morgan fingerprint density at radius 1 is 1.56 bits per heavy atom. The minimum Gasteiger partial charge on any atom is -0.0882 e. The summed E-state index contributed by atoms with van der Waals surface area (Å²) in [6.07, 6.45) is 5.26. The predicted octanol–water partition coefficient (Wildman–Crippen LogP) is 2.61. The molecule has 0 bridgehead atoms. The molecule has 0 amide bonds. The second-order valence-electron chi connectivity index (χ2n) is 3.52. The van der Waals surface area contributed by atoms with Crippen LogP contribution >= 0.6 is 0 Å². The van der Waals surface area contributed by atoms with Crippen LogP contribution in [0.3, 0.4) is 0 Å². The third kappa shape index (κ3) is 0.654. The van der Waals surface area contributed by atoms with E-state index in [0.29, 0.717) is 0 Å². The first-order valence-electron chi connectivity index (χ1n) is 3.98. The van der Waals surface area contributed by atoms with E-state index in [1.165, 1.54) is 12.8 Å². The lowest BCUT2D eigenvalue weighted by Crippen LogP contribution is -1.94. The van der Waals surface area contributed by atoms with Gasteiger partial charge in [0.2, 0.25) is 0 Å². The molecule has 2 rings (SSSR count). The fourth-order valence-electron chi connectivity index (χ4n) is 2.26. The highest BCUT2D eigenvalue weighted by Gasteiger charge is 2.47. The monoisotopic (exact) mass is 122 g/mol. The van der Waals surface area contributed by atoms with Crippen molar-refractivity contribution in [1.82, 2.24) is 0 Å².